The van der Waals surface area contributed by atoms with Gasteiger partial charge in [-0.2, -0.15) is 0 Å². The number of fused-ring (bicyclic) bond motifs is 4. The Morgan fingerprint density at radius 1 is 1.05 bits per heavy atom. The molecule has 0 N–H and O–H groups in total. The molecular weight excluding hydrogens is 284 g/mol. The molecule has 0 unspecified atom stereocenters. The molecule has 3 nitrogen and oxygen atoms in total. The lowest BCUT2D eigenvalue weighted by molar-refractivity contribution is 0.420. The van der Waals surface area contributed by atoms with Gasteiger partial charge in [-0.15, -0.1) is 12.4 Å². The van der Waals surface area contributed by atoms with Crippen LogP contribution in [0.5, 0.6) is 5.75 Å². The van der Waals surface area contributed by atoms with Crippen LogP contribution in [0.2, 0.25) is 0 Å². The van der Waals surface area contributed by atoms with E-state index in [4.69, 9.17) is 9.72 Å². The molecule has 0 radical (unpaired) electrons. The molecule has 2 aliphatic rings. The largest absolute Gasteiger partial charge is 0.496 e. The molecule has 4 rings (SSSR count). The number of pyridine rings is 1. The van der Waals surface area contributed by atoms with Gasteiger partial charge in [-0.25, -0.2) is 4.98 Å². The zero-order valence-corrected chi connectivity index (χ0v) is 12.6. The fourth-order valence-corrected chi connectivity index (χ4v) is 2.95. The second-order valence-electron chi connectivity index (χ2n) is 4.96. The molecule has 21 heavy (non-hydrogen) atoms. The van der Waals surface area contributed by atoms with Crippen LogP contribution >= 0.6 is 12.4 Å². The Morgan fingerprint density at radius 3 is 2.67 bits per heavy atom. The lowest BCUT2D eigenvalue weighted by Crippen LogP contribution is -1.99. The second kappa shape index (κ2) is 4.93. The van der Waals surface area contributed by atoms with E-state index in [9.17, 15) is 0 Å². The molecule has 2 aromatic carbocycles. The Hall–Kier alpha value is -2.26. The molecule has 0 spiro atoms. The first kappa shape index (κ1) is 13.7. The molecule has 4 heteroatoms. The van der Waals surface area contributed by atoms with Gasteiger partial charge in [0.05, 0.1) is 29.4 Å². The van der Waals surface area contributed by atoms with Crippen molar-refractivity contribution >= 4 is 34.2 Å². The highest BCUT2D eigenvalue weighted by Gasteiger charge is 2.19. The van der Waals surface area contributed by atoms with Gasteiger partial charge in [0, 0.05) is 18.0 Å². The van der Waals surface area contributed by atoms with Gasteiger partial charge < -0.3 is 9.30 Å². The fraction of sp³-hybridized carbons (Fsp3) is 0.118. The summed E-state index contributed by atoms with van der Waals surface area (Å²) in [4.78, 5) is 4.73. The summed E-state index contributed by atoms with van der Waals surface area (Å²) in [5.74, 6) is 0.871. The monoisotopic (exact) mass is 298 g/mol. The van der Waals surface area contributed by atoms with E-state index in [1.54, 1.807) is 7.11 Å². The van der Waals surface area contributed by atoms with Crippen LogP contribution in [0, 0.1) is 0 Å². The van der Waals surface area contributed by atoms with E-state index in [1.807, 2.05) is 18.2 Å². The van der Waals surface area contributed by atoms with E-state index in [-0.39, 0.29) is 12.4 Å². The SMILES string of the molecule is COc1cccc2nc3cc4ccccc4n(C)c-3c12.Cl. The lowest BCUT2D eigenvalue weighted by atomic mass is 10.1. The third-order valence-electron chi connectivity index (χ3n) is 3.87. The van der Waals surface area contributed by atoms with Crippen molar-refractivity contribution in [1.29, 1.82) is 0 Å². The lowest BCUT2D eigenvalue weighted by Gasteiger charge is -2.12. The fourth-order valence-electron chi connectivity index (χ4n) is 2.95. The van der Waals surface area contributed by atoms with Crippen LogP contribution in [0.1, 0.15) is 0 Å². The summed E-state index contributed by atoms with van der Waals surface area (Å²) < 4.78 is 7.70. The quantitative estimate of drug-likeness (QED) is 0.525. The van der Waals surface area contributed by atoms with Gasteiger partial charge in [-0.3, -0.25) is 0 Å². The number of halogens is 1. The minimum absolute atomic E-state index is 0. The van der Waals surface area contributed by atoms with E-state index in [0.29, 0.717) is 0 Å². The Kier molecular flexibility index (Phi) is 3.22. The van der Waals surface area contributed by atoms with Crippen LogP contribution in [0.15, 0.2) is 48.5 Å². The van der Waals surface area contributed by atoms with E-state index in [0.717, 1.165) is 28.0 Å². The highest BCUT2D eigenvalue weighted by Crippen LogP contribution is 2.38. The Bertz CT molecular complexity index is 913. The zero-order chi connectivity index (χ0) is 13.7. The smallest absolute Gasteiger partial charge is 0.130 e. The predicted molar refractivity (Wildman–Crippen MR) is 88.6 cm³/mol. The Labute approximate surface area is 128 Å². The van der Waals surface area contributed by atoms with Crippen LogP contribution in [0.3, 0.4) is 0 Å². The van der Waals surface area contributed by atoms with E-state index in [1.165, 1.54) is 10.9 Å². The molecular formula is C17H15ClN2O. The van der Waals surface area contributed by atoms with Crippen LogP contribution in [-0.4, -0.2) is 16.7 Å². The molecule has 2 aliphatic heterocycles. The Morgan fingerprint density at radius 2 is 1.86 bits per heavy atom. The maximum absolute atomic E-state index is 5.51. The molecule has 2 aromatic rings. The maximum Gasteiger partial charge on any atom is 0.130 e. The standard InChI is InChI=1S/C17H14N2O.ClH/c1-19-14-8-4-3-6-11(14)10-13-17(19)16-12(18-13)7-5-9-15(16)20-2;/h3-10H,1-2H3;1H. The molecule has 0 aromatic heterocycles. The van der Waals surface area contributed by atoms with Crippen molar-refractivity contribution in [2.45, 2.75) is 0 Å². The van der Waals surface area contributed by atoms with Crippen molar-refractivity contribution in [3.8, 4) is 17.1 Å². The highest BCUT2D eigenvalue weighted by atomic mass is 35.5. The number of rotatable bonds is 1. The van der Waals surface area contributed by atoms with Crippen molar-refractivity contribution in [3.63, 3.8) is 0 Å². The summed E-state index contributed by atoms with van der Waals surface area (Å²) in [6, 6.07) is 16.5. The van der Waals surface area contributed by atoms with Gasteiger partial charge in [-0.05, 0) is 24.3 Å². The number of methoxy groups -OCH3 is 1. The normalized spacial score (nSPS) is 11.0. The predicted octanol–water partition coefficient (Wildman–Crippen LogP) is 4.26. The third-order valence-corrected chi connectivity index (χ3v) is 3.87. The summed E-state index contributed by atoms with van der Waals surface area (Å²) in [5.41, 5.74) is 4.30. The number of hydrogen-bond donors (Lipinski definition) is 0. The topological polar surface area (TPSA) is 27.1 Å². The molecule has 0 fully saturated rings. The van der Waals surface area contributed by atoms with Crippen molar-refractivity contribution in [3.05, 3.63) is 48.5 Å². The number of para-hydroxylation sites is 1. The molecule has 0 bridgehead atoms. The van der Waals surface area contributed by atoms with Crippen LogP contribution < -0.4 is 4.74 Å². The minimum Gasteiger partial charge on any atom is -0.496 e. The van der Waals surface area contributed by atoms with E-state index < -0.39 is 0 Å². The van der Waals surface area contributed by atoms with Crippen molar-refractivity contribution in [2.24, 2.45) is 7.05 Å². The van der Waals surface area contributed by atoms with E-state index in [2.05, 4.69) is 41.9 Å². The molecule has 106 valence electrons. The number of ether oxygens (including phenoxy) is 1. The second-order valence-corrected chi connectivity index (χ2v) is 4.96. The van der Waals surface area contributed by atoms with Crippen LogP contribution in [0.4, 0.5) is 0 Å². The van der Waals surface area contributed by atoms with Gasteiger partial charge in [0.1, 0.15) is 5.75 Å². The number of hydrogen-bond acceptors (Lipinski definition) is 2. The average molecular weight is 299 g/mol. The molecule has 2 heterocycles. The van der Waals surface area contributed by atoms with Crippen molar-refractivity contribution in [1.82, 2.24) is 9.55 Å². The summed E-state index contributed by atoms with van der Waals surface area (Å²) >= 11 is 0. The molecule has 0 saturated heterocycles. The molecule has 0 aliphatic carbocycles. The maximum atomic E-state index is 5.51. The third kappa shape index (κ3) is 1.85. The first-order valence-corrected chi connectivity index (χ1v) is 6.60. The first-order valence-electron chi connectivity index (χ1n) is 6.60. The number of benzene rings is 2. The van der Waals surface area contributed by atoms with Gasteiger partial charge in [0.2, 0.25) is 0 Å². The molecule has 0 saturated carbocycles. The molecule has 0 atom stereocenters. The zero-order valence-electron chi connectivity index (χ0n) is 11.8. The van der Waals surface area contributed by atoms with Gasteiger partial charge in [0.15, 0.2) is 0 Å². The first-order chi connectivity index (χ1) is 9.79. The van der Waals surface area contributed by atoms with Gasteiger partial charge in [-0.1, -0.05) is 24.3 Å². The Balaban J connectivity index is 0.00000132. The molecule has 0 amide bonds. The van der Waals surface area contributed by atoms with Crippen LogP contribution in [-0.2, 0) is 7.05 Å². The van der Waals surface area contributed by atoms with E-state index >= 15 is 0 Å². The van der Waals surface area contributed by atoms with Gasteiger partial charge in [0.25, 0.3) is 0 Å². The number of aromatic nitrogens is 2. The summed E-state index contributed by atoms with van der Waals surface area (Å²) in [6.45, 7) is 0. The van der Waals surface area contributed by atoms with Crippen LogP contribution in [0.25, 0.3) is 33.2 Å². The van der Waals surface area contributed by atoms with Crippen molar-refractivity contribution < 1.29 is 4.74 Å². The van der Waals surface area contributed by atoms with Crippen molar-refractivity contribution in [2.75, 3.05) is 7.11 Å². The average Bonchev–Trinajstić information content (AvgIpc) is 2.85. The number of aryl methyl sites for hydroxylation is 1. The summed E-state index contributed by atoms with van der Waals surface area (Å²) in [6.07, 6.45) is 0. The highest BCUT2D eigenvalue weighted by molar-refractivity contribution is 6.03. The minimum atomic E-state index is 0. The summed E-state index contributed by atoms with van der Waals surface area (Å²) in [7, 11) is 3.78. The summed E-state index contributed by atoms with van der Waals surface area (Å²) in [5, 5.41) is 2.28. The van der Waals surface area contributed by atoms with Gasteiger partial charge >= 0.3 is 0 Å². The number of nitrogens with zero attached hydrogens (tertiary/aromatic N) is 2.